The monoisotopic (exact) mass is 226 g/mol. The second-order valence-electron chi connectivity index (χ2n) is 4.71. The molecule has 1 aromatic carbocycles. The number of aryl methyl sites for hydroxylation is 1. The van der Waals surface area contributed by atoms with E-state index in [1.807, 2.05) is 16.8 Å². The van der Waals surface area contributed by atoms with Crippen molar-refractivity contribution in [1.29, 1.82) is 5.26 Å². The van der Waals surface area contributed by atoms with Gasteiger partial charge in [0.1, 0.15) is 5.52 Å². The lowest BCUT2D eigenvalue weighted by Crippen LogP contribution is -2.14. The van der Waals surface area contributed by atoms with Crippen LogP contribution in [-0.2, 0) is 6.54 Å². The van der Waals surface area contributed by atoms with Crippen LogP contribution in [-0.4, -0.2) is 15.0 Å². The molecule has 1 aliphatic carbocycles. The predicted octanol–water partition coefficient (Wildman–Crippen LogP) is 2.49. The minimum absolute atomic E-state index is 0.642. The first-order valence-electron chi connectivity index (χ1n) is 6.10. The van der Waals surface area contributed by atoms with Gasteiger partial charge in [0.05, 0.1) is 17.1 Å². The summed E-state index contributed by atoms with van der Waals surface area (Å²) in [6.45, 7) is 0.938. The van der Waals surface area contributed by atoms with Crippen molar-refractivity contribution in [3.05, 3.63) is 23.8 Å². The van der Waals surface area contributed by atoms with E-state index >= 15 is 0 Å². The number of hydrogen-bond acceptors (Lipinski definition) is 3. The van der Waals surface area contributed by atoms with Gasteiger partial charge in [-0.2, -0.15) is 5.26 Å². The van der Waals surface area contributed by atoms with Crippen LogP contribution < -0.4 is 0 Å². The normalized spacial score (nSPS) is 15.7. The Hall–Kier alpha value is -1.89. The zero-order valence-corrected chi connectivity index (χ0v) is 9.63. The topological polar surface area (TPSA) is 54.5 Å². The molecular weight excluding hydrogens is 212 g/mol. The smallest absolute Gasteiger partial charge is 0.114 e. The van der Waals surface area contributed by atoms with Crippen molar-refractivity contribution in [3.63, 3.8) is 0 Å². The van der Waals surface area contributed by atoms with E-state index in [0.29, 0.717) is 5.56 Å². The van der Waals surface area contributed by atoms with Crippen LogP contribution in [0.4, 0.5) is 0 Å². The number of aromatic nitrogens is 3. The molecule has 0 N–H and O–H groups in total. The average Bonchev–Trinajstić information content (AvgIpc) is 2.69. The van der Waals surface area contributed by atoms with Crippen molar-refractivity contribution in [2.75, 3.05) is 0 Å². The molecule has 1 fully saturated rings. The third kappa shape index (κ3) is 1.89. The molecule has 1 aliphatic rings. The van der Waals surface area contributed by atoms with Crippen LogP contribution in [0.25, 0.3) is 11.0 Å². The van der Waals surface area contributed by atoms with E-state index in [2.05, 4.69) is 16.4 Å². The van der Waals surface area contributed by atoms with Gasteiger partial charge in [-0.3, -0.25) is 0 Å². The number of hydrogen-bond donors (Lipinski definition) is 0. The molecular formula is C13H14N4. The van der Waals surface area contributed by atoms with Crippen LogP contribution in [0.2, 0.25) is 0 Å². The van der Waals surface area contributed by atoms with Gasteiger partial charge in [-0.05, 0) is 30.5 Å². The lowest BCUT2D eigenvalue weighted by molar-refractivity contribution is 0.278. The number of benzene rings is 1. The molecule has 3 rings (SSSR count). The first-order chi connectivity index (χ1) is 8.36. The SMILES string of the molecule is N#Cc1ccc2c(c1)nnn2CCC1CCC1. The van der Waals surface area contributed by atoms with E-state index in [-0.39, 0.29) is 0 Å². The Kier molecular flexibility index (Phi) is 2.52. The maximum absolute atomic E-state index is 8.81. The summed E-state index contributed by atoms with van der Waals surface area (Å²) in [7, 11) is 0. The summed E-state index contributed by atoms with van der Waals surface area (Å²) in [5, 5.41) is 17.1. The number of rotatable bonds is 3. The molecule has 1 heterocycles. The molecule has 2 aromatic rings. The summed E-state index contributed by atoms with van der Waals surface area (Å²) in [6.07, 6.45) is 5.31. The Morgan fingerprint density at radius 3 is 3.00 bits per heavy atom. The van der Waals surface area contributed by atoms with E-state index in [1.165, 1.54) is 25.7 Å². The van der Waals surface area contributed by atoms with Crippen LogP contribution in [0, 0.1) is 17.2 Å². The van der Waals surface area contributed by atoms with Crippen LogP contribution in [0.15, 0.2) is 18.2 Å². The molecule has 4 nitrogen and oxygen atoms in total. The van der Waals surface area contributed by atoms with Gasteiger partial charge in [0, 0.05) is 6.54 Å². The summed E-state index contributed by atoms with van der Waals surface area (Å²) in [5.41, 5.74) is 2.49. The number of nitriles is 1. The highest BCUT2D eigenvalue weighted by atomic mass is 15.4. The van der Waals surface area contributed by atoms with Gasteiger partial charge < -0.3 is 0 Å². The standard InChI is InChI=1S/C13H14N4/c14-9-11-4-5-13-12(8-11)15-16-17(13)7-6-10-2-1-3-10/h4-5,8,10H,1-3,6-7H2. The largest absolute Gasteiger partial charge is 0.245 e. The fourth-order valence-electron chi connectivity index (χ4n) is 2.29. The zero-order chi connectivity index (χ0) is 11.7. The molecule has 0 aliphatic heterocycles. The van der Waals surface area contributed by atoms with Gasteiger partial charge >= 0.3 is 0 Å². The molecule has 0 bridgehead atoms. The Morgan fingerprint density at radius 2 is 2.29 bits per heavy atom. The van der Waals surface area contributed by atoms with Crippen molar-refractivity contribution in [1.82, 2.24) is 15.0 Å². The van der Waals surface area contributed by atoms with Crippen molar-refractivity contribution < 1.29 is 0 Å². The Morgan fingerprint density at radius 1 is 1.41 bits per heavy atom. The fraction of sp³-hybridized carbons (Fsp3) is 0.462. The van der Waals surface area contributed by atoms with Crippen molar-refractivity contribution >= 4 is 11.0 Å². The van der Waals surface area contributed by atoms with Gasteiger partial charge in [0.15, 0.2) is 0 Å². The van der Waals surface area contributed by atoms with Crippen LogP contribution >= 0.6 is 0 Å². The van der Waals surface area contributed by atoms with Gasteiger partial charge in [-0.25, -0.2) is 4.68 Å². The zero-order valence-electron chi connectivity index (χ0n) is 9.63. The lowest BCUT2D eigenvalue weighted by atomic mass is 9.83. The summed E-state index contributed by atoms with van der Waals surface area (Å²) in [5.74, 6) is 0.882. The Balaban J connectivity index is 1.82. The van der Waals surface area contributed by atoms with E-state index < -0.39 is 0 Å². The van der Waals surface area contributed by atoms with Crippen LogP contribution in [0.1, 0.15) is 31.2 Å². The summed E-state index contributed by atoms with van der Waals surface area (Å²) >= 11 is 0. The van der Waals surface area contributed by atoms with E-state index in [4.69, 9.17) is 5.26 Å². The number of fused-ring (bicyclic) bond motifs is 1. The predicted molar refractivity (Wildman–Crippen MR) is 64.2 cm³/mol. The van der Waals surface area contributed by atoms with Gasteiger partial charge in [-0.15, -0.1) is 5.10 Å². The highest BCUT2D eigenvalue weighted by Gasteiger charge is 2.17. The van der Waals surface area contributed by atoms with Crippen molar-refractivity contribution in [2.45, 2.75) is 32.2 Å². The van der Waals surface area contributed by atoms with E-state index in [0.717, 1.165) is 23.5 Å². The molecule has 0 saturated heterocycles. The molecule has 4 heteroatoms. The van der Waals surface area contributed by atoms with Crippen LogP contribution in [0.5, 0.6) is 0 Å². The first-order valence-corrected chi connectivity index (χ1v) is 6.10. The van der Waals surface area contributed by atoms with E-state index in [1.54, 1.807) is 6.07 Å². The third-order valence-electron chi connectivity index (χ3n) is 3.62. The summed E-state index contributed by atoms with van der Waals surface area (Å²) < 4.78 is 1.95. The van der Waals surface area contributed by atoms with Crippen molar-refractivity contribution in [2.24, 2.45) is 5.92 Å². The molecule has 0 atom stereocenters. The first kappa shape index (κ1) is 10.3. The summed E-state index contributed by atoms with van der Waals surface area (Å²) in [6, 6.07) is 7.68. The minimum Gasteiger partial charge on any atom is -0.245 e. The van der Waals surface area contributed by atoms with Crippen molar-refractivity contribution in [3.8, 4) is 6.07 Å². The molecule has 0 spiro atoms. The summed E-state index contributed by atoms with van der Waals surface area (Å²) in [4.78, 5) is 0. The van der Waals surface area contributed by atoms with Crippen LogP contribution in [0.3, 0.4) is 0 Å². The molecule has 86 valence electrons. The highest BCUT2D eigenvalue weighted by Crippen LogP contribution is 2.29. The van der Waals surface area contributed by atoms with E-state index in [9.17, 15) is 0 Å². The molecule has 0 radical (unpaired) electrons. The minimum atomic E-state index is 0.642. The quantitative estimate of drug-likeness (QED) is 0.808. The average molecular weight is 226 g/mol. The Labute approximate surface area is 99.8 Å². The number of nitrogens with zero attached hydrogens (tertiary/aromatic N) is 4. The fourth-order valence-corrected chi connectivity index (χ4v) is 2.29. The molecule has 1 aromatic heterocycles. The molecule has 0 unspecified atom stereocenters. The second-order valence-corrected chi connectivity index (χ2v) is 4.71. The maximum Gasteiger partial charge on any atom is 0.114 e. The second kappa shape index (κ2) is 4.17. The van der Waals surface area contributed by atoms with Gasteiger partial charge in [0.2, 0.25) is 0 Å². The van der Waals surface area contributed by atoms with Gasteiger partial charge in [-0.1, -0.05) is 24.5 Å². The van der Waals surface area contributed by atoms with Gasteiger partial charge in [0.25, 0.3) is 0 Å². The molecule has 1 saturated carbocycles. The Bertz CT molecular complexity index is 575. The molecule has 0 amide bonds. The highest BCUT2D eigenvalue weighted by molar-refractivity contribution is 5.75. The third-order valence-corrected chi connectivity index (χ3v) is 3.62. The maximum atomic E-state index is 8.81. The molecule has 17 heavy (non-hydrogen) atoms. The lowest BCUT2D eigenvalue weighted by Gasteiger charge is -2.24.